The minimum atomic E-state index is -0.589. The van der Waals surface area contributed by atoms with Crippen molar-refractivity contribution in [1.29, 1.82) is 0 Å². The Kier molecular flexibility index (Phi) is 6.96. The fourth-order valence-electron chi connectivity index (χ4n) is 2.62. The molecule has 1 aromatic carbocycles. The van der Waals surface area contributed by atoms with Crippen LogP contribution in [0.15, 0.2) is 23.2 Å². The van der Waals surface area contributed by atoms with Gasteiger partial charge in [-0.2, -0.15) is 0 Å². The zero-order chi connectivity index (χ0) is 21.0. The number of pyridine rings is 1. The van der Waals surface area contributed by atoms with E-state index in [0.717, 1.165) is 39.7 Å². The highest BCUT2D eigenvalue weighted by Gasteiger charge is 2.19. The van der Waals surface area contributed by atoms with Gasteiger partial charge < -0.3 is 10.5 Å². The molecule has 0 unspecified atom stereocenters. The summed E-state index contributed by atoms with van der Waals surface area (Å²) in [5, 5.41) is 0.394. The average molecular weight is 401 g/mol. The molecule has 0 aliphatic heterocycles. The number of ether oxygens (including phenoxy) is 1. The summed E-state index contributed by atoms with van der Waals surface area (Å²) in [5.74, 6) is -1.49. The minimum absolute atomic E-state index is 0.0740. The number of aryl methyl sites for hydroxylation is 3. The molecular weight excluding hydrogens is 376 g/mol. The number of hydrogen-bond donors (Lipinski definition) is 1. The first-order chi connectivity index (χ1) is 13.1. The number of ketones is 1. The maximum Gasteiger partial charge on any atom is 0.316 e. The van der Waals surface area contributed by atoms with Crippen molar-refractivity contribution in [3.8, 4) is 0 Å². The van der Waals surface area contributed by atoms with Gasteiger partial charge in [0.15, 0.2) is 12.4 Å². The van der Waals surface area contributed by atoms with Crippen LogP contribution in [0.1, 0.15) is 48.7 Å². The molecule has 0 aliphatic rings. The molecule has 0 spiro atoms. The number of primary amides is 1. The number of hydrogen-bond acceptors (Lipinski definition) is 6. The van der Waals surface area contributed by atoms with Crippen molar-refractivity contribution >= 4 is 29.4 Å². The number of nitrogens with two attached hydrogens (primary N) is 1. The van der Waals surface area contributed by atoms with Gasteiger partial charge in [0.05, 0.1) is 11.3 Å². The maximum absolute atomic E-state index is 12.2. The number of nitrogens with zero attached hydrogens (tertiary/aromatic N) is 1. The normalized spacial score (nSPS) is 10.6. The Morgan fingerprint density at radius 1 is 1.04 bits per heavy atom. The Morgan fingerprint density at radius 2 is 1.71 bits per heavy atom. The fourth-order valence-corrected chi connectivity index (χ4v) is 3.56. The first-order valence-corrected chi connectivity index (χ1v) is 9.76. The van der Waals surface area contributed by atoms with Crippen LogP contribution in [0.5, 0.6) is 0 Å². The van der Waals surface area contributed by atoms with Gasteiger partial charge in [0.2, 0.25) is 0 Å². The van der Waals surface area contributed by atoms with Gasteiger partial charge in [-0.15, -0.1) is 0 Å². The number of aromatic nitrogens is 1. The summed E-state index contributed by atoms with van der Waals surface area (Å²) in [6.07, 6.45) is 0. The van der Waals surface area contributed by atoms with Crippen molar-refractivity contribution in [3.05, 3.63) is 57.3 Å². The van der Waals surface area contributed by atoms with E-state index in [4.69, 9.17) is 10.5 Å². The molecule has 1 amide bonds. The van der Waals surface area contributed by atoms with Gasteiger partial charge in [-0.3, -0.25) is 14.4 Å². The van der Waals surface area contributed by atoms with E-state index in [9.17, 15) is 14.4 Å². The molecule has 28 heavy (non-hydrogen) atoms. The van der Waals surface area contributed by atoms with E-state index < -0.39 is 11.9 Å². The zero-order valence-electron chi connectivity index (χ0n) is 16.7. The number of benzene rings is 1. The van der Waals surface area contributed by atoms with Gasteiger partial charge in [-0.05, 0) is 62.9 Å². The summed E-state index contributed by atoms with van der Waals surface area (Å²) in [6, 6.07) is 5.36. The van der Waals surface area contributed by atoms with Crippen molar-refractivity contribution in [1.82, 2.24) is 4.98 Å². The highest BCUT2D eigenvalue weighted by Crippen LogP contribution is 2.26. The van der Waals surface area contributed by atoms with E-state index in [-0.39, 0.29) is 18.1 Å². The minimum Gasteiger partial charge on any atom is -0.457 e. The highest BCUT2D eigenvalue weighted by atomic mass is 32.2. The third kappa shape index (κ3) is 4.98. The average Bonchev–Trinajstić information content (AvgIpc) is 2.64. The summed E-state index contributed by atoms with van der Waals surface area (Å²) >= 11 is 1.07. The molecule has 6 nitrogen and oxygen atoms in total. The van der Waals surface area contributed by atoms with Crippen molar-refractivity contribution < 1.29 is 19.1 Å². The van der Waals surface area contributed by atoms with E-state index in [1.807, 2.05) is 33.8 Å². The van der Waals surface area contributed by atoms with Gasteiger partial charge in [0.1, 0.15) is 5.03 Å². The predicted octanol–water partition coefficient (Wildman–Crippen LogP) is 3.24. The second kappa shape index (κ2) is 9.01. The third-order valence-electron chi connectivity index (χ3n) is 4.73. The lowest BCUT2D eigenvalue weighted by Crippen LogP contribution is -2.18. The summed E-state index contributed by atoms with van der Waals surface area (Å²) in [5.41, 5.74) is 10.8. The van der Waals surface area contributed by atoms with Crippen LogP contribution in [0, 0.1) is 34.6 Å². The highest BCUT2D eigenvalue weighted by molar-refractivity contribution is 8.00. The van der Waals surface area contributed by atoms with Gasteiger partial charge >= 0.3 is 5.97 Å². The van der Waals surface area contributed by atoms with E-state index >= 15 is 0 Å². The number of rotatable bonds is 7. The molecule has 2 rings (SSSR count). The molecule has 1 heterocycles. The SMILES string of the molecule is Cc1ccc(C(=O)COC(=O)CSc2nc(C)c(C)c(C)c2C(N)=O)cc1C. The quantitative estimate of drug-likeness (QED) is 0.435. The molecule has 7 heteroatoms. The molecule has 1 aromatic heterocycles. The van der Waals surface area contributed by atoms with E-state index in [1.54, 1.807) is 19.1 Å². The Hall–Kier alpha value is -2.67. The molecule has 0 radical (unpaired) electrons. The zero-order valence-corrected chi connectivity index (χ0v) is 17.5. The van der Waals surface area contributed by atoms with Crippen molar-refractivity contribution in [3.63, 3.8) is 0 Å². The lowest BCUT2D eigenvalue weighted by Gasteiger charge is -2.13. The number of amides is 1. The van der Waals surface area contributed by atoms with Crippen LogP contribution in [-0.2, 0) is 9.53 Å². The van der Waals surface area contributed by atoms with Crippen molar-refractivity contribution in [2.24, 2.45) is 5.73 Å². The van der Waals surface area contributed by atoms with E-state index in [2.05, 4.69) is 4.98 Å². The second-order valence-corrected chi connectivity index (χ2v) is 7.63. The van der Waals surface area contributed by atoms with Crippen LogP contribution < -0.4 is 5.73 Å². The third-order valence-corrected chi connectivity index (χ3v) is 5.68. The largest absolute Gasteiger partial charge is 0.457 e. The first-order valence-electron chi connectivity index (χ1n) is 8.78. The van der Waals surface area contributed by atoms with Crippen LogP contribution in [0.2, 0.25) is 0 Å². The first kappa shape index (κ1) is 21.6. The fraction of sp³-hybridized carbons (Fsp3) is 0.333. The van der Waals surface area contributed by atoms with E-state index in [0.29, 0.717) is 16.2 Å². The maximum atomic E-state index is 12.2. The van der Waals surface area contributed by atoms with Crippen LogP contribution in [0.3, 0.4) is 0 Å². The van der Waals surface area contributed by atoms with Crippen molar-refractivity contribution in [2.45, 2.75) is 39.6 Å². The number of thioether (sulfide) groups is 1. The molecule has 0 saturated carbocycles. The standard InChI is InChI=1S/C21H24N2O4S/c1-11-6-7-16(8-12(11)2)17(24)9-27-18(25)10-28-21-19(20(22)26)14(4)13(3)15(5)23-21/h6-8H,9-10H2,1-5H3,(H2,22,26). The molecular formula is C21H24N2O4S. The summed E-state index contributed by atoms with van der Waals surface area (Å²) in [7, 11) is 0. The van der Waals surface area contributed by atoms with Gasteiger partial charge in [-0.25, -0.2) is 4.98 Å². The van der Waals surface area contributed by atoms with E-state index in [1.165, 1.54) is 0 Å². The molecule has 0 atom stereocenters. The number of Topliss-reactive ketones (excluding diaryl/α,β-unsaturated/α-hetero) is 1. The number of carbonyl (C=O) groups excluding carboxylic acids is 3. The second-order valence-electron chi connectivity index (χ2n) is 6.66. The monoisotopic (exact) mass is 400 g/mol. The van der Waals surface area contributed by atoms with Crippen LogP contribution in [0.4, 0.5) is 0 Å². The summed E-state index contributed by atoms with van der Waals surface area (Å²) in [6.45, 7) is 9.05. The number of esters is 1. The lowest BCUT2D eigenvalue weighted by molar-refractivity contribution is -0.139. The Balaban J connectivity index is 2.00. The van der Waals surface area contributed by atoms with Gasteiger partial charge in [-0.1, -0.05) is 23.9 Å². The molecule has 0 saturated heterocycles. The van der Waals surface area contributed by atoms with Crippen LogP contribution >= 0.6 is 11.8 Å². The molecule has 0 fully saturated rings. The topological polar surface area (TPSA) is 99.3 Å². The molecule has 148 valence electrons. The predicted molar refractivity (Wildman–Crippen MR) is 109 cm³/mol. The lowest BCUT2D eigenvalue weighted by atomic mass is 10.0. The summed E-state index contributed by atoms with van der Waals surface area (Å²) in [4.78, 5) is 40.4. The molecule has 2 aromatic rings. The molecule has 0 aliphatic carbocycles. The smallest absolute Gasteiger partial charge is 0.316 e. The molecule has 0 bridgehead atoms. The number of carbonyl (C=O) groups is 3. The van der Waals surface area contributed by atoms with Gasteiger partial charge in [0, 0.05) is 11.3 Å². The molecule has 2 N–H and O–H groups in total. The van der Waals surface area contributed by atoms with Crippen LogP contribution in [0.25, 0.3) is 0 Å². The van der Waals surface area contributed by atoms with Crippen molar-refractivity contribution in [2.75, 3.05) is 12.4 Å². The van der Waals surface area contributed by atoms with Crippen LogP contribution in [-0.4, -0.2) is 35.0 Å². The summed E-state index contributed by atoms with van der Waals surface area (Å²) < 4.78 is 5.08. The Labute approximate surface area is 168 Å². The van der Waals surface area contributed by atoms with Gasteiger partial charge in [0.25, 0.3) is 5.91 Å². The Morgan fingerprint density at radius 3 is 2.32 bits per heavy atom. The Bertz CT molecular complexity index is 954.